The zero-order valence-corrected chi connectivity index (χ0v) is 19.3. The second kappa shape index (κ2) is 8.15. The van der Waals surface area contributed by atoms with E-state index >= 15 is 0 Å². The Morgan fingerprint density at radius 2 is 1.55 bits per heavy atom. The predicted octanol–water partition coefficient (Wildman–Crippen LogP) is 3.60. The number of hydrogen-bond acceptors (Lipinski definition) is 5. The van der Waals surface area contributed by atoms with Gasteiger partial charge in [-0.3, -0.25) is 4.79 Å². The summed E-state index contributed by atoms with van der Waals surface area (Å²) in [6.45, 7) is 16.2. The average Bonchev–Trinajstić information content (AvgIpc) is 2.93. The molecule has 7 heteroatoms. The number of hydrogen-bond donors (Lipinski definition) is 0. The van der Waals surface area contributed by atoms with Crippen molar-refractivity contribution in [2.75, 3.05) is 19.6 Å². The molecule has 0 bridgehead atoms. The van der Waals surface area contributed by atoms with Gasteiger partial charge in [-0.2, -0.15) is 0 Å². The van der Waals surface area contributed by atoms with Gasteiger partial charge in [0.15, 0.2) is 0 Å². The minimum absolute atomic E-state index is 0.0423. The van der Waals surface area contributed by atoms with Crippen molar-refractivity contribution in [1.29, 1.82) is 0 Å². The summed E-state index contributed by atoms with van der Waals surface area (Å²) in [5, 5.41) is 0. The van der Waals surface area contributed by atoms with Gasteiger partial charge >= 0.3 is 12.1 Å². The molecular weight excluding hydrogens is 372 g/mol. The maximum Gasteiger partial charge on any atom is 0.410 e. The van der Waals surface area contributed by atoms with Gasteiger partial charge in [0.25, 0.3) is 0 Å². The third-order valence-electron chi connectivity index (χ3n) is 5.39. The van der Waals surface area contributed by atoms with Gasteiger partial charge in [-0.05, 0) is 66.7 Å². The van der Waals surface area contributed by atoms with Gasteiger partial charge in [0.2, 0.25) is 5.91 Å². The fraction of sp³-hybridized carbons (Fsp3) is 0.864. The first-order chi connectivity index (χ1) is 13.2. The quantitative estimate of drug-likeness (QED) is 0.665. The summed E-state index contributed by atoms with van der Waals surface area (Å²) in [4.78, 5) is 42.2. The standard InChI is InChI=1S/C22H38N2O5/c1-15(2)16(17(25)28-20(3,4)5)24-12-9-10-22(18(24)26)11-13-23(14-22)19(27)29-21(6,7)8/h15-16H,9-14H2,1-8H3/t16-,22+/m0/s1. The first kappa shape index (κ1) is 23.5. The van der Waals surface area contributed by atoms with Crippen molar-refractivity contribution in [3.8, 4) is 0 Å². The second-order valence-corrected chi connectivity index (χ2v) is 10.8. The van der Waals surface area contributed by atoms with E-state index < -0.39 is 22.7 Å². The van der Waals surface area contributed by atoms with Crippen LogP contribution in [0.1, 0.15) is 74.7 Å². The monoisotopic (exact) mass is 410 g/mol. The van der Waals surface area contributed by atoms with Crippen LogP contribution in [0.2, 0.25) is 0 Å². The molecule has 0 radical (unpaired) electrons. The molecule has 0 aromatic rings. The van der Waals surface area contributed by atoms with Crippen molar-refractivity contribution in [2.45, 2.75) is 91.9 Å². The minimum atomic E-state index is -0.635. The summed E-state index contributed by atoms with van der Waals surface area (Å²) in [7, 11) is 0. The van der Waals surface area contributed by atoms with Crippen molar-refractivity contribution in [3.05, 3.63) is 0 Å². The smallest absolute Gasteiger partial charge is 0.410 e. The van der Waals surface area contributed by atoms with Gasteiger partial charge in [-0.25, -0.2) is 9.59 Å². The Balaban J connectivity index is 2.18. The summed E-state index contributed by atoms with van der Waals surface area (Å²) in [5.41, 5.74) is -1.82. The number of amides is 2. The Labute approximate surface area is 175 Å². The van der Waals surface area contributed by atoms with Crippen molar-refractivity contribution in [1.82, 2.24) is 9.80 Å². The Kier molecular flexibility index (Phi) is 6.60. The highest BCUT2D eigenvalue weighted by Crippen LogP contribution is 2.41. The molecule has 0 aromatic carbocycles. The molecular formula is C22H38N2O5. The normalized spacial score (nSPS) is 24.2. The molecule has 2 rings (SSSR count). The van der Waals surface area contributed by atoms with Crippen LogP contribution in [0, 0.1) is 11.3 Å². The molecule has 2 fully saturated rings. The van der Waals surface area contributed by atoms with Crippen molar-refractivity contribution < 1.29 is 23.9 Å². The largest absolute Gasteiger partial charge is 0.458 e. The molecule has 0 saturated carbocycles. The Bertz CT molecular complexity index is 647. The lowest BCUT2D eigenvalue weighted by Crippen LogP contribution is -2.58. The fourth-order valence-electron chi connectivity index (χ4n) is 4.22. The summed E-state index contributed by atoms with van der Waals surface area (Å²) in [5.74, 6) is -0.466. The molecule has 0 aromatic heterocycles. The molecule has 2 amide bonds. The summed E-state index contributed by atoms with van der Waals surface area (Å²) in [6.07, 6.45) is 1.74. The first-order valence-electron chi connectivity index (χ1n) is 10.7. The molecule has 2 atom stereocenters. The number of likely N-dealkylation sites (tertiary alicyclic amines) is 2. The number of ether oxygens (including phenoxy) is 2. The molecule has 2 heterocycles. The van der Waals surface area contributed by atoms with Gasteiger partial charge in [-0.1, -0.05) is 13.8 Å². The predicted molar refractivity (Wildman–Crippen MR) is 110 cm³/mol. The highest BCUT2D eigenvalue weighted by molar-refractivity contribution is 5.90. The van der Waals surface area contributed by atoms with Gasteiger partial charge in [0, 0.05) is 19.6 Å². The molecule has 0 N–H and O–H groups in total. The zero-order valence-electron chi connectivity index (χ0n) is 19.3. The van der Waals surface area contributed by atoms with E-state index in [-0.39, 0.29) is 23.9 Å². The Hall–Kier alpha value is -1.79. The van der Waals surface area contributed by atoms with Crippen LogP contribution in [0.5, 0.6) is 0 Å². The molecule has 0 aliphatic carbocycles. The summed E-state index contributed by atoms with van der Waals surface area (Å²) in [6, 6.07) is -0.616. The fourth-order valence-corrected chi connectivity index (χ4v) is 4.22. The van der Waals surface area contributed by atoms with E-state index in [1.807, 2.05) is 55.4 Å². The molecule has 166 valence electrons. The van der Waals surface area contributed by atoms with Crippen LogP contribution in [-0.4, -0.2) is 64.6 Å². The van der Waals surface area contributed by atoms with E-state index in [4.69, 9.17) is 9.47 Å². The SMILES string of the molecule is CC(C)[C@@H](C(=O)OC(C)(C)C)N1CCC[C@]2(CCN(C(=O)OC(C)(C)C)C2)C1=O. The van der Waals surface area contributed by atoms with Crippen LogP contribution < -0.4 is 0 Å². The van der Waals surface area contributed by atoms with Crippen molar-refractivity contribution >= 4 is 18.0 Å². The van der Waals surface area contributed by atoms with Crippen LogP contribution in [0.15, 0.2) is 0 Å². The van der Waals surface area contributed by atoms with Crippen molar-refractivity contribution in [3.63, 3.8) is 0 Å². The van der Waals surface area contributed by atoms with E-state index in [0.717, 1.165) is 12.8 Å². The zero-order chi connectivity index (χ0) is 22.2. The second-order valence-electron chi connectivity index (χ2n) is 10.8. The van der Waals surface area contributed by atoms with E-state index in [1.54, 1.807) is 9.80 Å². The highest BCUT2D eigenvalue weighted by atomic mass is 16.6. The molecule has 7 nitrogen and oxygen atoms in total. The summed E-state index contributed by atoms with van der Waals surface area (Å²) < 4.78 is 11.1. The lowest BCUT2D eigenvalue weighted by Gasteiger charge is -2.43. The number of esters is 1. The van der Waals surface area contributed by atoms with Crippen LogP contribution in [0.4, 0.5) is 4.79 Å². The molecule has 0 unspecified atom stereocenters. The lowest BCUT2D eigenvalue weighted by molar-refractivity contribution is -0.171. The first-order valence-corrected chi connectivity index (χ1v) is 10.7. The topological polar surface area (TPSA) is 76.2 Å². The maximum atomic E-state index is 13.6. The third kappa shape index (κ3) is 5.64. The van der Waals surface area contributed by atoms with Crippen LogP contribution in [-0.2, 0) is 19.1 Å². The minimum Gasteiger partial charge on any atom is -0.458 e. The number of piperidine rings is 1. The summed E-state index contributed by atoms with van der Waals surface area (Å²) >= 11 is 0. The van der Waals surface area contributed by atoms with Gasteiger partial charge in [0.05, 0.1) is 5.41 Å². The van der Waals surface area contributed by atoms with Crippen LogP contribution in [0.25, 0.3) is 0 Å². The van der Waals surface area contributed by atoms with E-state index in [9.17, 15) is 14.4 Å². The third-order valence-corrected chi connectivity index (χ3v) is 5.39. The molecule has 2 aliphatic rings. The van der Waals surface area contributed by atoms with Gasteiger partial charge in [0.1, 0.15) is 17.2 Å². The molecule has 2 saturated heterocycles. The highest BCUT2D eigenvalue weighted by Gasteiger charge is 2.52. The van der Waals surface area contributed by atoms with Crippen LogP contribution >= 0.6 is 0 Å². The Morgan fingerprint density at radius 1 is 0.966 bits per heavy atom. The van der Waals surface area contributed by atoms with Crippen LogP contribution in [0.3, 0.4) is 0 Å². The molecule has 1 spiro atoms. The van der Waals surface area contributed by atoms with E-state index in [1.165, 1.54) is 0 Å². The van der Waals surface area contributed by atoms with Gasteiger partial charge < -0.3 is 19.3 Å². The average molecular weight is 411 g/mol. The van der Waals surface area contributed by atoms with Gasteiger partial charge in [-0.15, -0.1) is 0 Å². The number of carbonyl (C=O) groups is 3. The van der Waals surface area contributed by atoms with Crippen molar-refractivity contribution in [2.24, 2.45) is 11.3 Å². The number of rotatable bonds is 3. The lowest BCUT2D eigenvalue weighted by atomic mass is 9.77. The van der Waals surface area contributed by atoms with E-state index in [2.05, 4.69) is 0 Å². The van der Waals surface area contributed by atoms with E-state index in [0.29, 0.717) is 26.1 Å². The number of carbonyl (C=O) groups excluding carboxylic acids is 3. The Morgan fingerprint density at radius 3 is 2.07 bits per heavy atom. The maximum absolute atomic E-state index is 13.6. The molecule has 29 heavy (non-hydrogen) atoms. The molecule has 2 aliphatic heterocycles. The number of nitrogens with zero attached hydrogens (tertiary/aromatic N) is 2.